The molecule has 9 heteroatoms. The van der Waals surface area contributed by atoms with E-state index in [1.54, 1.807) is 11.3 Å². The van der Waals surface area contributed by atoms with Crippen LogP contribution in [0.15, 0.2) is 29.4 Å². The van der Waals surface area contributed by atoms with E-state index in [0.29, 0.717) is 18.3 Å². The number of rotatable bonds is 7. The third-order valence-electron chi connectivity index (χ3n) is 4.03. The SMILES string of the molecule is CC(CNC(=O)CSc1nnnn1C1CC1)c1nc2ccccc2s1. The Balaban J connectivity index is 1.28. The highest BCUT2D eigenvalue weighted by Gasteiger charge is 2.28. The molecule has 7 nitrogen and oxygen atoms in total. The van der Waals surface area contributed by atoms with Gasteiger partial charge in [0.2, 0.25) is 11.1 Å². The Bertz CT molecular complexity index is 855. The van der Waals surface area contributed by atoms with Gasteiger partial charge in [0.15, 0.2) is 0 Å². The molecular formula is C16H18N6OS2. The van der Waals surface area contributed by atoms with Crippen molar-refractivity contribution in [2.45, 2.75) is 36.9 Å². The van der Waals surface area contributed by atoms with Crippen molar-refractivity contribution in [3.05, 3.63) is 29.3 Å². The molecule has 1 saturated carbocycles. The summed E-state index contributed by atoms with van der Waals surface area (Å²) in [6.07, 6.45) is 2.23. The highest BCUT2D eigenvalue weighted by atomic mass is 32.2. The zero-order valence-corrected chi connectivity index (χ0v) is 15.4. The second-order valence-electron chi connectivity index (χ2n) is 6.15. The minimum absolute atomic E-state index is 0.0108. The van der Waals surface area contributed by atoms with Gasteiger partial charge < -0.3 is 5.32 Å². The third-order valence-corrected chi connectivity index (χ3v) is 6.23. The molecule has 0 radical (unpaired) electrons. The van der Waals surface area contributed by atoms with Crippen LogP contribution in [-0.4, -0.2) is 43.4 Å². The van der Waals surface area contributed by atoms with Gasteiger partial charge in [0.25, 0.3) is 0 Å². The predicted octanol–water partition coefficient (Wildman–Crippen LogP) is 2.63. The summed E-state index contributed by atoms with van der Waals surface area (Å²) < 4.78 is 3.00. The van der Waals surface area contributed by atoms with Gasteiger partial charge in [-0.3, -0.25) is 4.79 Å². The van der Waals surface area contributed by atoms with Gasteiger partial charge in [0.1, 0.15) is 0 Å². The molecule has 2 heterocycles. The van der Waals surface area contributed by atoms with Crippen LogP contribution in [0.3, 0.4) is 0 Å². The Morgan fingerprint density at radius 3 is 3.08 bits per heavy atom. The first kappa shape index (κ1) is 16.5. The summed E-state index contributed by atoms with van der Waals surface area (Å²) in [5, 5.41) is 16.4. The number of benzene rings is 1. The van der Waals surface area contributed by atoms with Crippen molar-refractivity contribution < 1.29 is 4.79 Å². The Morgan fingerprint density at radius 1 is 1.44 bits per heavy atom. The quantitative estimate of drug-likeness (QED) is 0.640. The van der Waals surface area contributed by atoms with Crippen LogP contribution in [0.1, 0.15) is 36.7 Å². The number of fused-ring (bicyclic) bond motifs is 1. The van der Waals surface area contributed by atoms with Gasteiger partial charge in [-0.2, -0.15) is 0 Å². The summed E-state index contributed by atoms with van der Waals surface area (Å²) in [5.41, 5.74) is 1.02. The van der Waals surface area contributed by atoms with Crippen LogP contribution in [0.25, 0.3) is 10.2 Å². The van der Waals surface area contributed by atoms with Crippen LogP contribution in [0.4, 0.5) is 0 Å². The Hall–Kier alpha value is -2.00. The lowest BCUT2D eigenvalue weighted by atomic mass is 10.2. The molecule has 130 valence electrons. The number of tetrazole rings is 1. The number of hydrogen-bond acceptors (Lipinski definition) is 7. The van der Waals surface area contributed by atoms with Crippen molar-refractivity contribution in [3.8, 4) is 0 Å². The number of carbonyl (C=O) groups is 1. The van der Waals surface area contributed by atoms with Crippen LogP contribution >= 0.6 is 23.1 Å². The number of aromatic nitrogens is 5. The molecule has 0 spiro atoms. The van der Waals surface area contributed by atoms with Crippen LogP contribution in [-0.2, 0) is 4.79 Å². The summed E-state index contributed by atoms with van der Waals surface area (Å²) in [4.78, 5) is 16.8. The van der Waals surface area contributed by atoms with E-state index in [9.17, 15) is 4.79 Å². The van der Waals surface area contributed by atoms with E-state index in [0.717, 1.165) is 28.5 Å². The van der Waals surface area contributed by atoms with Crippen molar-refractivity contribution in [3.63, 3.8) is 0 Å². The molecule has 1 aromatic carbocycles. The molecule has 2 aromatic heterocycles. The number of amides is 1. The molecule has 1 amide bonds. The van der Waals surface area contributed by atoms with E-state index in [2.05, 4.69) is 38.8 Å². The van der Waals surface area contributed by atoms with Crippen molar-refractivity contribution >= 4 is 39.2 Å². The maximum absolute atomic E-state index is 12.1. The van der Waals surface area contributed by atoms with Crippen molar-refractivity contribution in [1.29, 1.82) is 0 Å². The zero-order valence-electron chi connectivity index (χ0n) is 13.8. The topological polar surface area (TPSA) is 85.6 Å². The summed E-state index contributed by atoms with van der Waals surface area (Å²) in [7, 11) is 0. The van der Waals surface area contributed by atoms with Gasteiger partial charge in [-0.25, -0.2) is 9.67 Å². The molecule has 0 saturated heterocycles. The fraction of sp³-hybridized carbons (Fsp3) is 0.438. The van der Waals surface area contributed by atoms with Crippen molar-refractivity contribution in [2.24, 2.45) is 0 Å². The van der Waals surface area contributed by atoms with E-state index in [4.69, 9.17) is 0 Å². The smallest absolute Gasteiger partial charge is 0.230 e. The van der Waals surface area contributed by atoms with Crippen molar-refractivity contribution in [2.75, 3.05) is 12.3 Å². The van der Waals surface area contributed by atoms with Crippen molar-refractivity contribution in [1.82, 2.24) is 30.5 Å². The number of thiazole rings is 1. The summed E-state index contributed by atoms with van der Waals surface area (Å²) in [6.45, 7) is 2.66. The molecule has 1 N–H and O–H groups in total. The number of thioether (sulfide) groups is 1. The highest BCUT2D eigenvalue weighted by Crippen LogP contribution is 2.36. The molecule has 0 aliphatic heterocycles. The molecule has 1 unspecified atom stereocenters. The Kier molecular flexibility index (Phi) is 4.67. The average Bonchev–Trinajstić information content (AvgIpc) is 3.20. The molecule has 25 heavy (non-hydrogen) atoms. The van der Waals surface area contributed by atoms with Crippen LogP contribution in [0.5, 0.6) is 0 Å². The first-order valence-electron chi connectivity index (χ1n) is 8.23. The molecule has 3 aromatic rings. The van der Waals surface area contributed by atoms with E-state index in [1.165, 1.54) is 16.5 Å². The summed E-state index contributed by atoms with van der Waals surface area (Å²) in [6, 6.07) is 8.51. The van der Waals surface area contributed by atoms with Gasteiger partial charge in [-0.05, 0) is 35.4 Å². The number of hydrogen-bond donors (Lipinski definition) is 1. The Morgan fingerprint density at radius 2 is 2.28 bits per heavy atom. The van der Waals surface area contributed by atoms with E-state index < -0.39 is 0 Å². The van der Waals surface area contributed by atoms with Gasteiger partial charge in [-0.1, -0.05) is 30.8 Å². The molecule has 1 atom stereocenters. The summed E-state index contributed by atoms with van der Waals surface area (Å²) >= 11 is 3.07. The number of nitrogens with zero attached hydrogens (tertiary/aromatic N) is 5. The fourth-order valence-corrected chi connectivity index (χ4v) is 4.26. The maximum atomic E-state index is 12.1. The maximum Gasteiger partial charge on any atom is 0.230 e. The lowest BCUT2D eigenvalue weighted by molar-refractivity contribution is -0.118. The third kappa shape index (κ3) is 3.82. The first-order chi connectivity index (χ1) is 12.2. The number of para-hydroxylation sites is 1. The predicted molar refractivity (Wildman–Crippen MR) is 97.9 cm³/mol. The first-order valence-corrected chi connectivity index (χ1v) is 10.0. The minimum atomic E-state index is -0.0108. The fourth-order valence-electron chi connectivity index (χ4n) is 2.46. The van der Waals surface area contributed by atoms with E-state index >= 15 is 0 Å². The normalized spacial score (nSPS) is 15.4. The molecule has 1 fully saturated rings. The average molecular weight is 374 g/mol. The van der Waals surface area contributed by atoms with E-state index in [-0.39, 0.29) is 11.8 Å². The van der Waals surface area contributed by atoms with Gasteiger partial charge in [-0.15, -0.1) is 16.4 Å². The molecule has 0 bridgehead atoms. The lowest BCUT2D eigenvalue weighted by Gasteiger charge is -2.09. The second-order valence-corrected chi connectivity index (χ2v) is 8.16. The van der Waals surface area contributed by atoms with Crippen LogP contribution < -0.4 is 5.32 Å². The van der Waals surface area contributed by atoms with Gasteiger partial charge >= 0.3 is 0 Å². The largest absolute Gasteiger partial charge is 0.355 e. The van der Waals surface area contributed by atoms with E-state index in [1.807, 2.05) is 22.9 Å². The molecule has 4 rings (SSSR count). The van der Waals surface area contributed by atoms with Crippen LogP contribution in [0.2, 0.25) is 0 Å². The minimum Gasteiger partial charge on any atom is -0.355 e. The number of nitrogens with one attached hydrogen (secondary N) is 1. The Labute approximate surface area is 153 Å². The zero-order chi connectivity index (χ0) is 17.2. The monoisotopic (exact) mass is 374 g/mol. The van der Waals surface area contributed by atoms with Gasteiger partial charge in [0.05, 0.1) is 27.0 Å². The number of carbonyl (C=O) groups excluding carboxylic acids is 1. The second kappa shape index (κ2) is 7.09. The van der Waals surface area contributed by atoms with Crippen LogP contribution in [0, 0.1) is 0 Å². The molecule has 1 aliphatic carbocycles. The lowest BCUT2D eigenvalue weighted by Crippen LogP contribution is -2.29. The van der Waals surface area contributed by atoms with Gasteiger partial charge in [0, 0.05) is 12.5 Å². The standard InChI is InChI=1S/C16H18N6OS2/c1-10(15-18-12-4-2-3-5-13(12)25-15)8-17-14(23)9-24-16-19-20-21-22(16)11-6-7-11/h2-5,10-11H,6-9H2,1H3,(H,17,23). The summed E-state index contributed by atoms with van der Waals surface area (Å²) in [5.74, 6) is 0.492. The molecule has 1 aliphatic rings. The molecular weight excluding hydrogens is 356 g/mol. The highest BCUT2D eigenvalue weighted by molar-refractivity contribution is 7.99.